The monoisotopic (exact) mass is 305 g/mol. The minimum atomic E-state index is -0.500. The number of rotatable bonds is 5. The van der Waals surface area contributed by atoms with E-state index in [4.69, 9.17) is 0 Å². The summed E-state index contributed by atoms with van der Waals surface area (Å²) in [6.07, 6.45) is 0.308. The van der Waals surface area contributed by atoms with E-state index in [-0.39, 0.29) is 17.7 Å². The fourth-order valence-electron chi connectivity index (χ4n) is 1.65. The van der Waals surface area contributed by atoms with E-state index in [1.807, 2.05) is 6.07 Å². The number of hydrogen-bond acceptors (Lipinski definition) is 4. The quantitative estimate of drug-likeness (QED) is 0.617. The van der Waals surface area contributed by atoms with E-state index in [9.17, 15) is 19.2 Å². The predicted octanol–water partition coefficient (Wildman–Crippen LogP) is 2.15. The maximum Gasteiger partial charge on any atom is 0.253 e. The van der Waals surface area contributed by atoms with Crippen molar-refractivity contribution in [3.63, 3.8) is 0 Å². The van der Waals surface area contributed by atoms with Gasteiger partial charge in [-0.25, -0.2) is 0 Å². The van der Waals surface area contributed by atoms with Gasteiger partial charge in [-0.1, -0.05) is 25.1 Å². The number of amides is 1. The number of ketones is 2. The lowest BCUT2D eigenvalue weighted by molar-refractivity contribution is -0.133. The molecule has 0 bridgehead atoms. The van der Waals surface area contributed by atoms with Crippen LogP contribution in [0.25, 0.3) is 0 Å². The van der Waals surface area contributed by atoms with Gasteiger partial charge in [-0.15, -0.1) is 0 Å². The third kappa shape index (κ3) is 6.43. The van der Waals surface area contributed by atoms with Crippen LogP contribution in [0.3, 0.4) is 0 Å². The van der Waals surface area contributed by atoms with Crippen LogP contribution in [-0.4, -0.2) is 41.7 Å². The minimum Gasteiger partial charge on any atom is -0.338 e. The van der Waals surface area contributed by atoms with E-state index in [0.717, 1.165) is 0 Å². The molecule has 120 valence electrons. The van der Waals surface area contributed by atoms with Gasteiger partial charge >= 0.3 is 0 Å². The van der Waals surface area contributed by atoms with Crippen molar-refractivity contribution in [2.24, 2.45) is 5.92 Å². The second-order valence-electron chi connectivity index (χ2n) is 5.24. The zero-order valence-electron chi connectivity index (χ0n) is 13.7. The second-order valence-corrected chi connectivity index (χ2v) is 5.24. The van der Waals surface area contributed by atoms with Crippen molar-refractivity contribution in [2.45, 2.75) is 33.7 Å². The van der Waals surface area contributed by atoms with Crippen molar-refractivity contribution in [2.75, 3.05) is 7.05 Å². The number of nitrogens with zero attached hydrogens (tertiary/aromatic N) is 1. The lowest BCUT2D eigenvalue weighted by Crippen LogP contribution is -2.41. The van der Waals surface area contributed by atoms with Crippen molar-refractivity contribution in [1.82, 2.24) is 4.90 Å². The summed E-state index contributed by atoms with van der Waals surface area (Å²) < 4.78 is 0. The zero-order chi connectivity index (χ0) is 17.3. The molecule has 0 saturated carbocycles. The van der Waals surface area contributed by atoms with E-state index in [0.29, 0.717) is 11.8 Å². The lowest BCUT2D eigenvalue weighted by Gasteiger charge is -2.28. The Bertz CT molecular complexity index is 521. The van der Waals surface area contributed by atoms with Gasteiger partial charge in [-0.3, -0.25) is 14.4 Å². The van der Waals surface area contributed by atoms with E-state index < -0.39 is 11.7 Å². The highest BCUT2D eigenvalue weighted by Gasteiger charge is 2.26. The van der Waals surface area contributed by atoms with Gasteiger partial charge < -0.3 is 9.69 Å². The van der Waals surface area contributed by atoms with Crippen LogP contribution in [0, 0.1) is 5.92 Å². The summed E-state index contributed by atoms with van der Waals surface area (Å²) in [7, 11) is 1.63. The molecule has 2 atom stereocenters. The average Bonchev–Trinajstić information content (AvgIpc) is 2.51. The van der Waals surface area contributed by atoms with Crippen LogP contribution in [0.15, 0.2) is 30.3 Å². The highest BCUT2D eigenvalue weighted by molar-refractivity contribution is 6.26. The standard InChI is InChI=1S/C14H17NO3.C3H6O/c1-10(13(17)9-16)11(2)15(3)14(18)12-7-5-4-6-8-12;1-3(2)4/h4-11H,1-3H3;1-2H3. The third-order valence-electron chi connectivity index (χ3n) is 3.24. The van der Waals surface area contributed by atoms with Gasteiger partial charge in [-0.05, 0) is 32.9 Å². The predicted molar refractivity (Wildman–Crippen MR) is 84.6 cm³/mol. The Morgan fingerprint density at radius 2 is 1.50 bits per heavy atom. The van der Waals surface area contributed by atoms with Crippen LogP contribution < -0.4 is 0 Å². The van der Waals surface area contributed by atoms with Crippen molar-refractivity contribution in [1.29, 1.82) is 0 Å². The third-order valence-corrected chi connectivity index (χ3v) is 3.24. The largest absolute Gasteiger partial charge is 0.338 e. The Balaban J connectivity index is 0.000000980. The molecule has 0 aliphatic heterocycles. The first-order chi connectivity index (χ1) is 10.2. The summed E-state index contributed by atoms with van der Waals surface area (Å²) in [4.78, 5) is 44.8. The molecule has 5 nitrogen and oxygen atoms in total. The highest BCUT2D eigenvalue weighted by atomic mass is 16.2. The number of carbonyl (C=O) groups excluding carboxylic acids is 4. The summed E-state index contributed by atoms with van der Waals surface area (Å²) in [5, 5.41) is 0. The molecule has 0 heterocycles. The van der Waals surface area contributed by atoms with Gasteiger partial charge in [0.1, 0.15) is 5.78 Å². The maximum atomic E-state index is 12.1. The SMILES string of the molecule is CC(C(=O)C=O)C(C)N(C)C(=O)c1ccccc1.CC(C)=O. The van der Waals surface area contributed by atoms with Gasteiger partial charge in [-0.2, -0.15) is 0 Å². The van der Waals surface area contributed by atoms with Gasteiger partial charge in [0.15, 0.2) is 12.1 Å². The smallest absolute Gasteiger partial charge is 0.253 e. The Morgan fingerprint density at radius 1 is 1.05 bits per heavy atom. The van der Waals surface area contributed by atoms with Gasteiger partial charge in [0, 0.05) is 24.6 Å². The number of benzene rings is 1. The lowest BCUT2D eigenvalue weighted by atomic mass is 9.97. The fourth-order valence-corrected chi connectivity index (χ4v) is 1.65. The summed E-state index contributed by atoms with van der Waals surface area (Å²) in [6.45, 7) is 6.46. The van der Waals surface area contributed by atoms with E-state index >= 15 is 0 Å². The van der Waals surface area contributed by atoms with E-state index in [2.05, 4.69) is 0 Å². The van der Waals surface area contributed by atoms with Crippen LogP contribution in [0.2, 0.25) is 0 Å². The van der Waals surface area contributed by atoms with E-state index in [1.54, 1.807) is 45.2 Å². The molecule has 0 aliphatic carbocycles. The molecular formula is C17H23NO4. The molecule has 0 saturated heterocycles. The van der Waals surface area contributed by atoms with Gasteiger partial charge in [0.25, 0.3) is 5.91 Å². The molecule has 1 rings (SSSR count). The molecule has 5 heteroatoms. The first-order valence-corrected chi connectivity index (χ1v) is 7.00. The van der Waals surface area contributed by atoms with Crippen LogP contribution in [0.1, 0.15) is 38.1 Å². The van der Waals surface area contributed by atoms with Gasteiger partial charge in [0.2, 0.25) is 0 Å². The summed E-state index contributed by atoms with van der Waals surface area (Å²) in [6, 6.07) is 8.52. The number of Topliss-reactive ketones (excluding diaryl/α,β-unsaturated/α-hetero) is 2. The molecule has 2 unspecified atom stereocenters. The second kappa shape index (κ2) is 9.60. The Hall–Kier alpha value is -2.30. The molecule has 0 fully saturated rings. The molecule has 0 aliphatic rings. The molecule has 0 spiro atoms. The van der Waals surface area contributed by atoms with Crippen molar-refractivity contribution in [3.8, 4) is 0 Å². The molecule has 1 aromatic rings. The Kier molecular flexibility index (Phi) is 8.60. The molecule has 22 heavy (non-hydrogen) atoms. The highest BCUT2D eigenvalue weighted by Crippen LogP contribution is 2.13. The first-order valence-electron chi connectivity index (χ1n) is 7.00. The van der Waals surface area contributed by atoms with Crippen molar-refractivity contribution in [3.05, 3.63) is 35.9 Å². The fraction of sp³-hybridized carbons (Fsp3) is 0.412. The topological polar surface area (TPSA) is 71.5 Å². The molecule has 0 radical (unpaired) electrons. The summed E-state index contributed by atoms with van der Waals surface area (Å²) in [5.41, 5.74) is 0.567. The Morgan fingerprint density at radius 3 is 1.91 bits per heavy atom. The van der Waals surface area contributed by atoms with E-state index in [1.165, 1.54) is 18.7 Å². The van der Waals surface area contributed by atoms with Crippen LogP contribution >= 0.6 is 0 Å². The number of hydrogen-bond donors (Lipinski definition) is 0. The molecule has 0 aromatic heterocycles. The summed E-state index contributed by atoms with van der Waals surface area (Å²) >= 11 is 0. The number of carbonyl (C=O) groups is 4. The zero-order valence-corrected chi connectivity index (χ0v) is 13.7. The Labute approximate surface area is 131 Å². The minimum absolute atomic E-state index is 0.159. The summed E-state index contributed by atoms with van der Waals surface area (Å²) in [5.74, 6) is -0.982. The van der Waals surface area contributed by atoms with Crippen LogP contribution in [0.5, 0.6) is 0 Å². The molecule has 0 N–H and O–H groups in total. The molecule has 1 amide bonds. The average molecular weight is 305 g/mol. The molecule has 1 aromatic carbocycles. The van der Waals surface area contributed by atoms with Gasteiger partial charge in [0.05, 0.1) is 0 Å². The van der Waals surface area contributed by atoms with Crippen LogP contribution in [-0.2, 0) is 14.4 Å². The van der Waals surface area contributed by atoms with Crippen molar-refractivity contribution < 1.29 is 19.2 Å². The normalized spacial score (nSPS) is 12.2. The molecular weight excluding hydrogens is 282 g/mol. The number of aldehydes is 1. The maximum absolute atomic E-state index is 12.1. The van der Waals surface area contributed by atoms with Crippen LogP contribution in [0.4, 0.5) is 0 Å². The van der Waals surface area contributed by atoms with Crippen molar-refractivity contribution >= 4 is 23.8 Å². The first kappa shape index (κ1) is 19.7.